The van der Waals surface area contributed by atoms with Crippen molar-refractivity contribution in [2.45, 2.75) is 40.0 Å². The summed E-state index contributed by atoms with van der Waals surface area (Å²) in [7, 11) is 0. The van der Waals surface area contributed by atoms with Gasteiger partial charge < -0.3 is 10.6 Å². The van der Waals surface area contributed by atoms with Gasteiger partial charge in [-0.05, 0) is 72.6 Å². The molecule has 0 saturated carbocycles. The number of fused-ring (bicyclic) bond motifs is 1. The van der Waals surface area contributed by atoms with E-state index in [2.05, 4.69) is 47.3 Å². The van der Waals surface area contributed by atoms with Crippen LogP contribution < -0.4 is 10.6 Å². The number of benzene rings is 2. The molecule has 0 saturated heterocycles. The number of rotatable bonds is 4. The molecule has 32 heavy (non-hydrogen) atoms. The second-order valence-corrected chi connectivity index (χ2v) is 11.3. The number of anilines is 2. The van der Waals surface area contributed by atoms with E-state index in [4.69, 9.17) is 0 Å². The lowest BCUT2D eigenvalue weighted by atomic mass is 9.72. The molecule has 1 unspecified atom stereocenters. The Kier molecular flexibility index (Phi) is 6.54. The first-order valence-electron chi connectivity index (χ1n) is 10.8. The van der Waals surface area contributed by atoms with Gasteiger partial charge in [-0.1, -0.05) is 54.9 Å². The predicted molar refractivity (Wildman–Crippen MR) is 136 cm³/mol. The maximum absolute atomic E-state index is 13.3. The molecule has 3 aromatic rings. The largest absolute Gasteiger partial charge is 0.322 e. The summed E-state index contributed by atoms with van der Waals surface area (Å²) >= 11 is 4.95. The van der Waals surface area contributed by atoms with Crippen LogP contribution in [0.25, 0.3) is 0 Å². The van der Waals surface area contributed by atoms with Gasteiger partial charge >= 0.3 is 0 Å². The highest BCUT2D eigenvalue weighted by Gasteiger charge is 2.34. The molecule has 2 amide bonds. The van der Waals surface area contributed by atoms with Crippen molar-refractivity contribution in [3.05, 3.63) is 80.6 Å². The molecule has 1 aliphatic carbocycles. The van der Waals surface area contributed by atoms with E-state index in [0.29, 0.717) is 22.0 Å². The summed E-state index contributed by atoms with van der Waals surface area (Å²) in [4.78, 5) is 27.5. The Labute approximate surface area is 201 Å². The second-order valence-electron chi connectivity index (χ2n) is 9.29. The molecule has 6 heteroatoms. The number of thiophene rings is 1. The fourth-order valence-corrected chi connectivity index (χ4v) is 5.73. The van der Waals surface area contributed by atoms with Crippen molar-refractivity contribution in [2.24, 2.45) is 11.3 Å². The van der Waals surface area contributed by atoms with Crippen LogP contribution in [0.15, 0.2) is 59.1 Å². The fourth-order valence-electron chi connectivity index (χ4n) is 4.15. The van der Waals surface area contributed by atoms with Crippen molar-refractivity contribution in [3.8, 4) is 0 Å². The third-order valence-corrected chi connectivity index (χ3v) is 7.78. The lowest BCUT2D eigenvalue weighted by molar-refractivity contribution is 0.102. The Morgan fingerprint density at radius 3 is 2.31 bits per heavy atom. The molecule has 2 N–H and O–H groups in total. The molecule has 1 aromatic heterocycles. The number of nitrogens with one attached hydrogen (secondary N) is 2. The van der Waals surface area contributed by atoms with Crippen LogP contribution in [0.2, 0.25) is 0 Å². The van der Waals surface area contributed by atoms with Gasteiger partial charge in [0.25, 0.3) is 11.8 Å². The van der Waals surface area contributed by atoms with E-state index < -0.39 is 0 Å². The van der Waals surface area contributed by atoms with Crippen LogP contribution in [0.4, 0.5) is 10.7 Å². The van der Waals surface area contributed by atoms with Gasteiger partial charge in [0.2, 0.25) is 0 Å². The smallest absolute Gasteiger partial charge is 0.258 e. The molecule has 0 bridgehead atoms. The minimum Gasteiger partial charge on any atom is -0.322 e. The summed E-state index contributed by atoms with van der Waals surface area (Å²) in [6, 6.07) is 16.7. The van der Waals surface area contributed by atoms with E-state index in [1.807, 2.05) is 42.5 Å². The molecule has 2 aromatic carbocycles. The van der Waals surface area contributed by atoms with Crippen molar-refractivity contribution in [1.29, 1.82) is 0 Å². The van der Waals surface area contributed by atoms with Crippen molar-refractivity contribution in [1.82, 2.24) is 0 Å². The van der Waals surface area contributed by atoms with Crippen LogP contribution in [0.3, 0.4) is 0 Å². The van der Waals surface area contributed by atoms with Gasteiger partial charge in [0, 0.05) is 20.6 Å². The van der Waals surface area contributed by atoms with Gasteiger partial charge in [-0.15, -0.1) is 11.3 Å². The number of hydrogen-bond donors (Lipinski definition) is 2. The lowest BCUT2D eigenvalue weighted by Crippen LogP contribution is -2.27. The number of carbonyl (C=O) groups excluding carboxylic acids is 2. The average molecular weight is 511 g/mol. The minimum atomic E-state index is -0.211. The number of para-hydroxylation sites is 1. The fraction of sp³-hybridized carbons (Fsp3) is 0.308. The number of carbonyl (C=O) groups is 2. The van der Waals surface area contributed by atoms with E-state index in [-0.39, 0.29) is 17.2 Å². The summed E-state index contributed by atoms with van der Waals surface area (Å²) in [5, 5.41) is 6.66. The molecule has 0 aliphatic heterocycles. The summed E-state index contributed by atoms with van der Waals surface area (Å²) in [5.41, 5.74) is 3.18. The quantitative estimate of drug-likeness (QED) is 0.390. The Hall–Kier alpha value is -2.44. The van der Waals surface area contributed by atoms with Crippen LogP contribution in [0, 0.1) is 11.3 Å². The Bertz CT molecular complexity index is 1130. The molecule has 0 radical (unpaired) electrons. The molecule has 0 spiro atoms. The molecule has 4 nitrogen and oxygen atoms in total. The summed E-state index contributed by atoms with van der Waals surface area (Å²) in [6.45, 7) is 6.82. The minimum absolute atomic E-state index is 0.172. The number of hydrogen-bond acceptors (Lipinski definition) is 3. The van der Waals surface area contributed by atoms with E-state index >= 15 is 0 Å². The van der Waals surface area contributed by atoms with Gasteiger partial charge in [-0.25, -0.2) is 0 Å². The molecule has 1 atom stereocenters. The van der Waals surface area contributed by atoms with Crippen LogP contribution >= 0.6 is 27.3 Å². The zero-order valence-electron chi connectivity index (χ0n) is 18.5. The molecular weight excluding hydrogens is 484 g/mol. The third kappa shape index (κ3) is 4.97. The molecule has 1 aliphatic rings. The van der Waals surface area contributed by atoms with Gasteiger partial charge in [-0.3, -0.25) is 9.59 Å². The maximum Gasteiger partial charge on any atom is 0.258 e. The van der Waals surface area contributed by atoms with Crippen molar-refractivity contribution in [2.75, 3.05) is 10.6 Å². The SMILES string of the molecule is CC(C)(C)C1CCc2c(sc(NC(=O)c3ccc(Br)cc3)c2C(=O)Nc2ccccc2)C1. The van der Waals surface area contributed by atoms with Gasteiger partial charge in [0.15, 0.2) is 0 Å². The van der Waals surface area contributed by atoms with E-state index in [1.165, 1.54) is 4.88 Å². The molecule has 0 fully saturated rings. The Balaban J connectivity index is 1.68. The summed E-state index contributed by atoms with van der Waals surface area (Å²) < 4.78 is 0.914. The Morgan fingerprint density at radius 1 is 0.969 bits per heavy atom. The predicted octanol–water partition coefficient (Wildman–Crippen LogP) is 7.17. The zero-order valence-corrected chi connectivity index (χ0v) is 20.9. The van der Waals surface area contributed by atoms with E-state index in [0.717, 1.165) is 35.0 Å². The highest BCUT2D eigenvalue weighted by molar-refractivity contribution is 9.10. The lowest BCUT2D eigenvalue weighted by Gasteiger charge is -2.33. The normalized spacial score (nSPS) is 15.7. The second kappa shape index (κ2) is 9.20. The van der Waals surface area contributed by atoms with E-state index in [9.17, 15) is 9.59 Å². The van der Waals surface area contributed by atoms with Gasteiger partial charge in [0.05, 0.1) is 5.56 Å². The van der Waals surface area contributed by atoms with Crippen molar-refractivity contribution in [3.63, 3.8) is 0 Å². The molecule has 4 rings (SSSR count). The molecule has 1 heterocycles. The topological polar surface area (TPSA) is 58.2 Å². The third-order valence-electron chi connectivity index (χ3n) is 6.08. The highest BCUT2D eigenvalue weighted by Crippen LogP contribution is 2.44. The zero-order chi connectivity index (χ0) is 22.9. The average Bonchev–Trinajstić information content (AvgIpc) is 3.11. The van der Waals surface area contributed by atoms with E-state index in [1.54, 1.807) is 23.5 Å². The highest BCUT2D eigenvalue weighted by atomic mass is 79.9. The Morgan fingerprint density at radius 2 is 1.66 bits per heavy atom. The molecule has 166 valence electrons. The van der Waals surface area contributed by atoms with Gasteiger partial charge in [-0.2, -0.15) is 0 Å². The maximum atomic E-state index is 13.3. The first kappa shape index (κ1) is 22.7. The van der Waals surface area contributed by atoms with Crippen LogP contribution in [0.5, 0.6) is 0 Å². The first-order chi connectivity index (χ1) is 15.2. The van der Waals surface area contributed by atoms with Gasteiger partial charge in [0.1, 0.15) is 5.00 Å². The first-order valence-corrected chi connectivity index (χ1v) is 12.4. The van der Waals surface area contributed by atoms with Crippen LogP contribution in [-0.4, -0.2) is 11.8 Å². The number of amides is 2. The monoisotopic (exact) mass is 510 g/mol. The van der Waals surface area contributed by atoms with Crippen molar-refractivity contribution < 1.29 is 9.59 Å². The molecular formula is C26H27BrN2O2S. The summed E-state index contributed by atoms with van der Waals surface area (Å²) in [5.74, 6) is 0.167. The standard InChI is InChI=1S/C26H27BrN2O2S/c1-26(2,3)17-11-14-20-21(15-17)32-25(29-23(30)16-9-12-18(27)13-10-16)22(20)24(31)28-19-7-5-4-6-8-19/h4-10,12-13,17H,11,14-15H2,1-3H3,(H,28,31)(H,29,30). The van der Waals surface area contributed by atoms with Crippen LogP contribution in [-0.2, 0) is 12.8 Å². The number of halogens is 1. The van der Waals surface area contributed by atoms with Crippen molar-refractivity contribution >= 4 is 49.8 Å². The summed E-state index contributed by atoms with van der Waals surface area (Å²) in [6.07, 6.45) is 2.82. The van der Waals surface area contributed by atoms with Crippen LogP contribution in [0.1, 0.15) is 58.3 Å².